The highest BCUT2D eigenvalue weighted by atomic mass is 19.4. The van der Waals surface area contributed by atoms with Gasteiger partial charge in [0.15, 0.2) is 0 Å². The van der Waals surface area contributed by atoms with Gasteiger partial charge in [-0.25, -0.2) is 0 Å². The molecule has 0 aliphatic rings. The molecule has 0 bridgehead atoms. The summed E-state index contributed by atoms with van der Waals surface area (Å²) in [5.74, 6) is 0. The minimum absolute atomic E-state index is 0.0441. The fourth-order valence-corrected chi connectivity index (χ4v) is 0.544. The molecule has 1 atom stereocenters. The van der Waals surface area contributed by atoms with Crippen LogP contribution in [0.2, 0.25) is 0 Å². The average Bonchev–Trinajstić information content (AvgIpc) is 1.85. The Morgan fingerprint density at radius 3 is 2.36 bits per heavy atom. The van der Waals surface area contributed by atoms with Gasteiger partial charge >= 0.3 is 6.18 Å². The van der Waals surface area contributed by atoms with Crippen LogP contribution in [0, 0.1) is 0 Å². The topological polar surface area (TPSA) is 38.0 Å². The molecule has 0 amide bonds. The zero-order valence-corrected chi connectivity index (χ0v) is 6.41. The van der Waals surface area contributed by atoms with Crippen LogP contribution < -0.4 is 11.1 Å². The van der Waals surface area contributed by atoms with E-state index in [-0.39, 0.29) is 12.6 Å². The number of halogens is 3. The minimum Gasteiger partial charge on any atom is -0.329 e. The lowest BCUT2D eigenvalue weighted by Crippen LogP contribution is -2.35. The predicted molar refractivity (Wildman–Crippen MR) is 37.2 cm³/mol. The predicted octanol–water partition coefficient (Wildman–Crippen LogP) is 0.876. The summed E-state index contributed by atoms with van der Waals surface area (Å²) >= 11 is 0. The van der Waals surface area contributed by atoms with Crippen molar-refractivity contribution in [2.24, 2.45) is 5.73 Å². The van der Waals surface area contributed by atoms with Gasteiger partial charge in [-0.05, 0) is 6.92 Å². The summed E-state index contributed by atoms with van der Waals surface area (Å²) < 4.78 is 34.6. The summed E-state index contributed by atoms with van der Waals surface area (Å²) in [7, 11) is 0. The van der Waals surface area contributed by atoms with Gasteiger partial charge < -0.3 is 11.1 Å². The lowest BCUT2D eigenvalue weighted by atomic mass is 10.3. The van der Waals surface area contributed by atoms with Crippen LogP contribution in [0.25, 0.3) is 0 Å². The fraction of sp³-hybridized carbons (Fsp3) is 1.00. The molecule has 2 nitrogen and oxygen atoms in total. The number of nitrogens with two attached hydrogens (primary N) is 1. The summed E-state index contributed by atoms with van der Waals surface area (Å²) in [6.45, 7) is 2.05. The van der Waals surface area contributed by atoms with E-state index in [1.807, 2.05) is 0 Å². The normalized spacial score (nSPS) is 15.0. The van der Waals surface area contributed by atoms with E-state index >= 15 is 0 Å². The first kappa shape index (κ1) is 10.7. The van der Waals surface area contributed by atoms with Crippen LogP contribution >= 0.6 is 0 Å². The summed E-state index contributed by atoms with van der Waals surface area (Å²) in [6, 6.07) is -0.0441. The Hall–Kier alpha value is -0.290. The molecular weight excluding hydrogens is 157 g/mol. The Bertz CT molecular complexity index is 102. The van der Waals surface area contributed by atoms with Crippen LogP contribution in [0.3, 0.4) is 0 Å². The van der Waals surface area contributed by atoms with Crippen molar-refractivity contribution in [3.05, 3.63) is 0 Å². The Kier molecular flexibility index (Phi) is 4.44. The number of nitrogens with one attached hydrogen (secondary N) is 1. The van der Waals surface area contributed by atoms with Gasteiger partial charge in [-0.15, -0.1) is 0 Å². The first-order chi connectivity index (χ1) is 4.95. The molecule has 0 heterocycles. The van der Waals surface area contributed by atoms with Gasteiger partial charge in [0.05, 0.1) is 6.42 Å². The lowest BCUT2D eigenvalue weighted by molar-refractivity contribution is -0.133. The molecule has 0 aromatic carbocycles. The summed E-state index contributed by atoms with van der Waals surface area (Å²) in [4.78, 5) is 0. The second-order valence-electron chi connectivity index (χ2n) is 2.46. The number of alkyl halides is 3. The van der Waals surface area contributed by atoms with Gasteiger partial charge in [0, 0.05) is 19.1 Å². The molecular formula is C6H13F3N2. The summed E-state index contributed by atoms with van der Waals surface area (Å²) in [6.07, 6.45) is -4.86. The molecule has 0 aromatic rings. The van der Waals surface area contributed by atoms with Crippen molar-refractivity contribution < 1.29 is 13.2 Å². The Morgan fingerprint density at radius 1 is 1.45 bits per heavy atom. The van der Waals surface area contributed by atoms with E-state index in [0.717, 1.165) is 0 Å². The second kappa shape index (κ2) is 4.56. The SMILES string of the molecule is C[C@@H](CN)NCCC(F)(F)F. The number of hydrogen-bond acceptors (Lipinski definition) is 2. The van der Waals surface area contributed by atoms with Crippen LogP contribution in [0.1, 0.15) is 13.3 Å². The highest BCUT2D eigenvalue weighted by Gasteiger charge is 2.26. The molecule has 0 saturated carbocycles. The number of rotatable bonds is 4. The molecule has 3 N–H and O–H groups in total. The van der Waals surface area contributed by atoms with Crippen molar-refractivity contribution in [1.29, 1.82) is 0 Å². The zero-order valence-electron chi connectivity index (χ0n) is 6.41. The maximum atomic E-state index is 11.5. The van der Waals surface area contributed by atoms with Gasteiger partial charge in [0.2, 0.25) is 0 Å². The summed E-state index contributed by atoms with van der Waals surface area (Å²) in [5, 5.41) is 2.64. The Labute approximate surface area is 64.0 Å². The molecule has 0 spiro atoms. The molecule has 0 unspecified atom stereocenters. The number of hydrogen-bond donors (Lipinski definition) is 2. The van der Waals surface area contributed by atoms with Crippen molar-refractivity contribution in [2.75, 3.05) is 13.1 Å². The van der Waals surface area contributed by atoms with Crippen LogP contribution in [-0.2, 0) is 0 Å². The van der Waals surface area contributed by atoms with E-state index in [9.17, 15) is 13.2 Å². The van der Waals surface area contributed by atoms with E-state index in [1.54, 1.807) is 6.92 Å². The molecule has 0 rings (SSSR count). The third-order valence-electron chi connectivity index (χ3n) is 1.25. The quantitative estimate of drug-likeness (QED) is 0.657. The van der Waals surface area contributed by atoms with Gasteiger partial charge in [-0.2, -0.15) is 13.2 Å². The van der Waals surface area contributed by atoms with Crippen molar-refractivity contribution in [2.45, 2.75) is 25.6 Å². The average molecular weight is 170 g/mol. The standard InChI is InChI=1S/C6H13F3N2/c1-5(4-10)11-3-2-6(7,8)9/h5,11H,2-4,10H2,1H3/t5-/m0/s1. The molecule has 0 fully saturated rings. The molecule has 5 heteroatoms. The van der Waals surface area contributed by atoms with Crippen molar-refractivity contribution >= 4 is 0 Å². The van der Waals surface area contributed by atoms with E-state index in [2.05, 4.69) is 5.32 Å². The van der Waals surface area contributed by atoms with Crippen LogP contribution in [0.4, 0.5) is 13.2 Å². The first-order valence-electron chi connectivity index (χ1n) is 3.46. The smallest absolute Gasteiger partial charge is 0.329 e. The zero-order chi connectivity index (χ0) is 8.91. The Morgan fingerprint density at radius 2 is 2.00 bits per heavy atom. The van der Waals surface area contributed by atoms with Crippen molar-refractivity contribution in [3.8, 4) is 0 Å². The maximum Gasteiger partial charge on any atom is 0.390 e. The molecule has 0 radical (unpaired) electrons. The summed E-state index contributed by atoms with van der Waals surface area (Å²) in [5.41, 5.74) is 5.18. The third-order valence-corrected chi connectivity index (χ3v) is 1.25. The van der Waals surface area contributed by atoms with E-state index in [0.29, 0.717) is 6.54 Å². The van der Waals surface area contributed by atoms with Gasteiger partial charge in [0.1, 0.15) is 0 Å². The highest BCUT2D eigenvalue weighted by molar-refractivity contribution is 4.62. The largest absolute Gasteiger partial charge is 0.390 e. The van der Waals surface area contributed by atoms with Gasteiger partial charge in [-0.3, -0.25) is 0 Å². The van der Waals surface area contributed by atoms with Crippen molar-refractivity contribution in [1.82, 2.24) is 5.32 Å². The molecule has 0 saturated heterocycles. The molecule has 11 heavy (non-hydrogen) atoms. The van der Waals surface area contributed by atoms with E-state index in [1.165, 1.54) is 0 Å². The highest BCUT2D eigenvalue weighted by Crippen LogP contribution is 2.18. The first-order valence-corrected chi connectivity index (χ1v) is 3.46. The molecule has 0 aromatic heterocycles. The molecule has 0 aliphatic heterocycles. The third kappa shape index (κ3) is 7.61. The van der Waals surface area contributed by atoms with Crippen LogP contribution in [-0.4, -0.2) is 25.3 Å². The van der Waals surface area contributed by atoms with Crippen LogP contribution in [0.15, 0.2) is 0 Å². The van der Waals surface area contributed by atoms with E-state index < -0.39 is 12.6 Å². The monoisotopic (exact) mass is 170 g/mol. The van der Waals surface area contributed by atoms with Crippen LogP contribution in [0.5, 0.6) is 0 Å². The second-order valence-corrected chi connectivity index (χ2v) is 2.46. The molecule has 68 valence electrons. The maximum absolute atomic E-state index is 11.5. The van der Waals surface area contributed by atoms with Crippen molar-refractivity contribution in [3.63, 3.8) is 0 Å². The lowest BCUT2D eigenvalue weighted by Gasteiger charge is -2.11. The molecule has 0 aliphatic carbocycles. The van der Waals surface area contributed by atoms with E-state index in [4.69, 9.17) is 5.73 Å². The minimum atomic E-state index is -4.07. The fourth-order valence-electron chi connectivity index (χ4n) is 0.544. The van der Waals surface area contributed by atoms with Gasteiger partial charge in [0.25, 0.3) is 0 Å². The van der Waals surface area contributed by atoms with Gasteiger partial charge in [-0.1, -0.05) is 0 Å². The Balaban J connectivity index is 3.28.